The quantitative estimate of drug-likeness (QED) is 0.0392. The molecular formula is C54H68N8O9S2. The molecule has 1 saturated heterocycles. The minimum atomic E-state index is -0.959. The van der Waals surface area contributed by atoms with Gasteiger partial charge >= 0.3 is 0 Å². The number of β-amino-alcohol motifs (C(OH)–C–C–N with tert-alkyl or cyclic N) is 1. The molecule has 17 nitrogen and oxygen atoms in total. The van der Waals surface area contributed by atoms with Crippen LogP contribution in [-0.2, 0) is 44.6 Å². The molecule has 3 aromatic carbocycles. The summed E-state index contributed by atoms with van der Waals surface area (Å²) in [7, 11) is 4.08. The van der Waals surface area contributed by atoms with Gasteiger partial charge in [-0.1, -0.05) is 69.3 Å². The number of rotatable bonds is 27. The summed E-state index contributed by atoms with van der Waals surface area (Å²) in [5, 5.41) is 20.6. The van der Waals surface area contributed by atoms with E-state index in [9.17, 15) is 19.5 Å². The number of hydrogen-bond donors (Lipinski definition) is 4. The third-order valence-corrected chi connectivity index (χ3v) is 14.1. The molecule has 0 spiro atoms. The standard InChI is InChI=1S/C54H68N8O9S2/c1-36-49(72-35-58-36)39-9-7-37(8-10-39)31-57-51(65)45-30-43(63)33-62(45)53(66)50(54(2,3)4)60-48(64)34-71-28-27-70-26-25-69-24-23-68-22-21-67-20-19-55-47-18-15-41(32-56-47)38-11-13-40(14-12-38)52-59-44-17-16-42(61(5)6)29-46(44)73-52/h7-18,29,32,35,43,45,50,63H,19-28,30-31,33-34H2,1-6H3,(H,55,56)(H,57,65)(H,60,64)/t43-,45+,50-/m1/s1. The van der Waals surface area contributed by atoms with Crippen LogP contribution in [0.3, 0.4) is 0 Å². The number of nitrogens with zero attached hydrogens (tertiary/aromatic N) is 5. The summed E-state index contributed by atoms with van der Waals surface area (Å²) in [5.41, 5.74) is 9.42. The predicted octanol–water partition coefficient (Wildman–Crippen LogP) is 6.83. The van der Waals surface area contributed by atoms with Crippen molar-refractivity contribution in [2.45, 2.75) is 58.8 Å². The Balaban J connectivity index is 0.684. The summed E-state index contributed by atoms with van der Waals surface area (Å²) in [4.78, 5) is 58.6. The minimum absolute atomic E-state index is 0.0125. The van der Waals surface area contributed by atoms with Crippen molar-refractivity contribution >= 4 is 62.1 Å². The molecule has 3 amide bonds. The number of carbonyl (C=O) groups excluding carboxylic acids is 3. The maximum Gasteiger partial charge on any atom is 0.246 e. The van der Waals surface area contributed by atoms with E-state index in [2.05, 4.69) is 79.3 Å². The molecule has 390 valence electrons. The molecule has 1 fully saturated rings. The Kier molecular flexibility index (Phi) is 20.2. The van der Waals surface area contributed by atoms with E-state index in [1.807, 2.05) is 83.8 Å². The van der Waals surface area contributed by atoms with Gasteiger partial charge in [0, 0.05) is 63.2 Å². The third-order valence-electron chi connectivity index (χ3n) is 12.1. The summed E-state index contributed by atoms with van der Waals surface area (Å²) >= 11 is 3.27. The first-order valence-corrected chi connectivity index (χ1v) is 26.3. The molecule has 3 aromatic heterocycles. The molecular weight excluding hydrogens is 969 g/mol. The van der Waals surface area contributed by atoms with E-state index in [1.54, 1.807) is 22.7 Å². The second-order valence-corrected chi connectivity index (χ2v) is 20.8. The first-order valence-electron chi connectivity index (χ1n) is 24.6. The molecule has 7 rings (SSSR count). The largest absolute Gasteiger partial charge is 0.391 e. The van der Waals surface area contributed by atoms with Gasteiger partial charge < -0.3 is 54.5 Å². The van der Waals surface area contributed by atoms with Crippen molar-refractivity contribution in [2.75, 3.05) is 103 Å². The van der Waals surface area contributed by atoms with E-state index in [-0.39, 0.29) is 45.2 Å². The summed E-state index contributed by atoms with van der Waals surface area (Å²) in [6.07, 6.45) is 1.10. The van der Waals surface area contributed by atoms with Crippen LogP contribution in [0.5, 0.6) is 0 Å². The minimum Gasteiger partial charge on any atom is -0.391 e. The van der Waals surface area contributed by atoms with E-state index >= 15 is 0 Å². The van der Waals surface area contributed by atoms with Gasteiger partial charge in [0.25, 0.3) is 0 Å². The van der Waals surface area contributed by atoms with Crippen molar-refractivity contribution in [3.63, 3.8) is 0 Å². The molecule has 73 heavy (non-hydrogen) atoms. The number of amides is 3. The number of thiazole rings is 2. The number of hydrogen-bond acceptors (Lipinski definition) is 16. The molecule has 0 radical (unpaired) electrons. The Morgan fingerprint density at radius 2 is 1.42 bits per heavy atom. The fourth-order valence-corrected chi connectivity index (χ4v) is 9.88. The maximum atomic E-state index is 13.9. The van der Waals surface area contributed by atoms with E-state index in [4.69, 9.17) is 28.7 Å². The van der Waals surface area contributed by atoms with Crippen molar-refractivity contribution in [3.8, 4) is 32.1 Å². The second kappa shape index (κ2) is 26.9. The zero-order chi connectivity index (χ0) is 51.7. The van der Waals surface area contributed by atoms with Gasteiger partial charge in [0.2, 0.25) is 17.7 Å². The molecule has 1 aliphatic heterocycles. The van der Waals surface area contributed by atoms with Crippen molar-refractivity contribution in [1.29, 1.82) is 0 Å². The third kappa shape index (κ3) is 16.0. The van der Waals surface area contributed by atoms with Gasteiger partial charge in [-0.05, 0) is 59.4 Å². The van der Waals surface area contributed by atoms with Crippen LogP contribution < -0.4 is 20.9 Å². The van der Waals surface area contributed by atoms with Crippen LogP contribution in [0.15, 0.2) is 90.6 Å². The normalized spacial score (nSPS) is 15.1. The molecule has 3 atom stereocenters. The number of aliphatic hydroxyl groups is 1. The summed E-state index contributed by atoms with van der Waals surface area (Å²) in [5.74, 6) is -0.508. The number of pyridine rings is 1. The van der Waals surface area contributed by atoms with Crippen molar-refractivity contribution in [1.82, 2.24) is 30.5 Å². The monoisotopic (exact) mass is 1040 g/mol. The molecule has 0 saturated carbocycles. The maximum absolute atomic E-state index is 13.9. The number of ether oxygens (including phenoxy) is 5. The average Bonchev–Trinajstić information content (AvgIpc) is 4.13. The highest BCUT2D eigenvalue weighted by atomic mass is 32.1. The highest BCUT2D eigenvalue weighted by molar-refractivity contribution is 7.21. The fraction of sp³-hybridized carbons (Fsp3) is 0.444. The predicted molar refractivity (Wildman–Crippen MR) is 287 cm³/mol. The van der Waals surface area contributed by atoms with Gasteiger partial charge in [0.05, 0.1) is 91.9 Å². The SMILES string of the molecule is Cc1ncsc1-c1ccc(CNC(=O)[C@@H]2C[C@@H](O)CN2C(=O)[C@@H](NC(=O)COCCOCCOCCOCCOCCNc2ccc(-c3ccc(-c4nc5ccc(N(C)C)cc5s4)cc3)cn2)C(C)(C)C)cc1. The molecule has 0 aliphatic carbocycles. The average molecular weight is 1040 g/mol. The van der Waals surface area contributed by atoms with Crippen LogP contribution in [0.4, 0.5) is 11.5 Å². The van der Waals surface area contributed by atoms with E-state index in [0.29, 0.717) is 52.8 Å². The van der Waals surface area contributed by atoms with Gasteiger partial charge in [-0.15, -0.1) is 22.7 Å². The molecule has 6 aromatic rings. The molecule has 19 heteroatoms. The first-order chi connectivity index (χ1) is 35.2. The van der Waals surface area contributed by atoms with Crippen molar-refractivity contribution in [3.05, 3.63) is 102 Å². The smallest absolute Gasteiger partial charge is 0.246 e. The number of carbonyl (C=O) groups is 3. The van der Waals surface area contributed by atoms with E-state index in [0.717, 1.165) is 60.4 Å². The van der Waals surface area contributed by atoms with Gasteiger partial charge in [-0.3, -0.25) is 14.4 Å². The van der Waals surface area contributed by atoms with Gasteiger partial charge in [0.1, 0.15) is 29.5 Å². The number of benzene rings is 3. The van der Waals surface area contributed by atoms with Crippen LogP contribution in [-0.4, -0.2) is 154 Å². The van der Waals surface area contributed by atoms with E-state index in [1.165, 1.54) is 9.60 Å². The van der Waals surface area contributed by atoms with Gasteiger partial charge in [0.15, 0.2) is 0 Å². The lowest BCUT2D eigenvalue weighted by Gasteiger charge is -2.35. The highest BCUT2D eigenvalue weighted by Gasteiger charge is 2.44. The Bertz CT molecular complexity index is 2690. The lowest BCUT2D eigenvalue weighted by atomic mass is 9.85. The zero-order valence-corrected chi connectivity index (χ0v) is 44.2. The Morgan fingerprint density at radius 3 is 2.04 bits per heavy atom. The fourth-order valence-electron chi connectivity index (χ4n) is 8.07. The van der Waals surface area contributed by atoms with Crippen molar-refractivity contribution < 1.29 is 43.2 Å². The Morgan fingerprint density at radius 1 is 0.795 bits per heavy atom. The summed E-state index contributed by atoms with van der Waals surface area (Å²) in [6.45, 7) is 11.4. The Hall–Kier alpha value is -5.90. The van der Waals surface area contributed by atoms with Crippen LogP contribution in [0.1, 0.15) is 38.4 Å². The van der Waals surface area contributed by atoms with Gasteiger partial charge in [-0.2, -0.15) is 0 Å². The number of fused-ring (bicyclic) bond motifs is 1. The number of nitrogens with one attached hydrogen (secondary N) is 3. The number of aryl methyl sites for hydroxylation is 1. The van der Waals surface area contributed by atoms with Crippen molar-refractivity contribution in [2.24, 2.45) is 5.41 Å². The summed E-state index contributed by atoms with van der Waals surface area (Å²) < 4.78 is 29.1. The van der Waals surface area contributed by atoms with Crippen LogP contribution in [0.2, 0.25) is 0 Å². The molecule has 4 heterocycles. The molecule has 0 unspecified atom stereocenters. The van der Waals surface area contributed by atoms with Crippen LogP contribution in [0.25, 0.3) is 42.4 Å². The number of aliphatic hydroxyl groups excluding tert-OH is 1. The van der Waals surface area contributed by atoms with Gasteiger partial charge in [-0.25, -0.2) is 15.0 Å². The number of likely N-dealkylation sites (tertiary alicyclic amines) is 1. The van der Waals surface area contributed by atoms with E-state index < -0.39 is 35.4 Å². The molecule has 0 bridgehead atoms. The Labute approximate surface area is 435 Å². The number of anilines is 2. The lowest BCUT2D eigenvalue weighted by molar-refractivity contribution is -0.144. The number of aromatic nitrogens is 3. The summed E-state index contributed by atoms with van der Waals surface area (Å²) in [6, 6.07) is 24.8. The molecule has 4 N–H and O–H groups in total. The first kappa shape index (κ1) is 54.9. The lowest BCUT2D eigenvalue weighted by Crippen LogP contribution is -2.58. The second-order valence-electron chi connectivity index (χ2n) is 18.9. The van der Waals surface area contributed by atoms with Crippen LogP contribution in [0, 0.1) is 12.3 Å². The van der Waals surface area contributed by atoms with Crippen LogP contribution >= 0.6 is 22.7 Å². The topological polar surface area (TPSA) is 199 Å². The highest BCUT2D eigenvalue weighted by Crippen LogP contribution is 2.34. The molecule has 1 aliphatic rings. The zero-order valence-electron chi connectivity index (χ0n) is 42.6.